The van der Waals surface area contributed by atoms with Crippen LogP contribution in [0.4, 0.5) is 0 Å². The van der Waals surface area contributed by atoms with Gasteiger partial charge >= 0.3 is 0 Å². The van der Waals surface area contributed by atoms with E-state index in [4.69, 9.17) is 4.52 Å². The van der Waals surface area contributed by atoms with Crippen LogP contribution >= 0.6 is 0 Å². The van der Waals surface area contributed by atoms with Crippen molar-refractivity contribution in [1.82, 2.24) is 20.0 Å². The van der Waals surface area contributed by atoms with E-state index in [1.54, 1.807) is 0 Å². The second-order valence-corrected chi connectivity index (χ2v) is 6.64. The number of hydrogen-bond donors (Lipinski definition) is 0. The van der Waals surface area contributed by atoms with Crippen LogP contribution in [0.25, 0.3) is 0 Å². The molecule has 128 valence electrons. The van der Waals surface area contributed by atoms with Gasteiger partial charge in [-0.25, -0.2) is 9.97 Å². The largest absolute Gasteiger partial charge is 0.361 e. The zero-order valence-corrected chi connectivity index (χ0v) is 14.8. The van der Waals surface area contributed by atoms with Crippen LogP contribution in [-0.4, -0.2) is 39.0 Å². The molecule has 1 saturated heterocycles. The molecule has 2 aromatic heterocycles. The lowest BCUT2D eigenvalue weighted by Crippen LogP contribution is -2.29. The molecule has 0 N–H and O–H groups in total. The standard InChI is InChI=1S/C18H24N4O2/c1-11-9-12(2)20-18(19-11)15-7-8-22(10-15)17(23)6-5-16-13(3)21-24-14(16)4/h9,15H,5-8,10H2,1-4H3. The van der Waals surface area contributed by atoms with Crippen molar-refractivity contribution >= 4 is 5.91 Å². The Morgan fingerprint density at radius 1 is 1.25 bits per heavy atom. The highest BCUT2D eigenvalue weighted by molar-refractivity contribution is 5.77. The molecule has 1 amide bonds. The molecule has 1 aliphatic heterocycles. The fraction of sp³-hybridized carbons (Fsp3) is 0.556. The molecule has 1 aliphatic rings. The molecule has 0 bridgehead atoms. The van der Waals surface area contributed by atoms with Crippen LogP contribution in [0.3, 0.4) is 0 Å². The Morgan fingerprint density at radius 2 is 1.96 bits per heavy atom. The minimum atomic E-state index is 0.182. The van der Waals surface area contributed by atoms with E-state index in [1.165, 1.54) is 0 Å². The van der Waals surface area contributed by atoms with Crippen molar-refractivity contribution in [3.8, 4) is 0 Å². The molecule has 24 heavy (non-hydrogen) atoms. The maximum Gasteiger partial charge on any atom is 0.222 e. The molecule has 1 atom stereocenters. The van der Waals surface area contributed by atoms with E-state index >= 15 is 0 Å². The topological polar surface area (TPSA) is 72.1 Å². The monoisotopic (exact) mass is 328 g/mol. The summed E-state index contributed by atoms with van der Waals surface area (Å²) in [6.07, 6.45) is 2.10. The molecule has 1 fully saturated rings. The summed E-state index contributed by atoms with van der Waals surface area (Å²) in [6.45, 7) is 9.27. The van der Waals surface area contributed by atoms with E-state index < -0.39 is 0 Å². The minimum absolute atomic E-state index is 0.182. The Bertz CT molecular complexity index is 714. The van der Waals surface area contributed by atoms with Crippen LogP contribution in [0.1, 0.15) is 53.0 Å². The van der Waals surface area contributed by atoms with Crippen molar-refractivity contribution < 1.29 is 9.32 Å². The molecule has 0 saturated carbocycles. The number of amides is 1. The van der Waals surface area contributed by atoms with E-state index in [-0.39, 0.29) is 11.8 Å². The van der Waals surface area contributed by atoms with Gasteiger partial charge in [0.2, 0.25) is 5.91 Å². The molecule has 1 unspecified atom stereocenters. The maximum atomic E-state index is 12.5. The van der Waals surface area contributed by atoms with Crippen LogP contribution in [0.5, 0.6) is 0 Å². The van der Waals surface area contributed by atoms with Crippen molar-refractivity contribution in [2.24, 2.45) is 0 Å². The molecule has 0 radical (unpaired) electrons. The first kappa shape index (κ1) is 16.6. The minimum Gasteiger partial charge on any atom is -0.361 e. The molecule has 0 aliphatic carbocycles. The van der Waals surface area contributed by atoms with Gasteiger partial charge in [-0.1, -0.05) is 5.16 Å². The predicted octanol–water partition coefficient (Wildman–Crippen LogP) is 2.65. The van der Waals surface area contributed by atoms with Gasteiger partial charge in [-0.05, 0) is 46.6 Å². The van der Waals surface area contributed by atoms with Gasteiger partial charge in [-0.2, -0.15) is 0 Å². The van der Waals surface area contributed by atoms with Gasteiger partial charge in [0.1, 0.15) is 11.6 Å². The van der Waals surface area contributed by atoms with Crippen molar-refractivity contribution in [1.29, 1.82) is 0 Å². The molecule has 6 nitrogen and oxygen atoms in total. The Morgan fingerprint density at radius 3 is 2.58 bits per heavy atom. The average molecular weight is 328 g/mol. The third-order valence-electron chi connectivity index (χ3n) is 4.68. The van der Waals surface area contributed by atoms with E-state index in [1.807, 2.05) is 38.7 Å². The number of carbonyl (C=O) groups is 1. The molecular formula is C18H24N4O2. The van der Waals surface area contributed by atoms with Gasteiger partial charge in [-0.15, -0.1) is 0 Å². The summed E-state index contributed by atoms with van der Waals surface area (Å²) >= 11 is 0. The highest BCUT2D eigenvalue weighted by Gasteiger charge is 2.29. The highest BCUT2D eigenvalue weighted by atomic mass is 16.5. The lowest BCUT2D eigenvalue weighted by Gasteiger charge is -2.16. The Hall–Kier alpha value is -2.24. The lowest BCUT2D eigenvalue weighted by atomic mass is 10.1. The second kappa shape index (κ2) is 6.71. The average Bonchev–Trinajstić information content (AvgIpc) is 3.12. The van der Waals surface area contributed by atoms with Crippen molar-refractivity contribution in [3.05, 3.63) is 40.3 Å². The zero-order valence-electron chi connectivity index (χ0n) is 14.8. The summed E-state index contributed by atoms with van der Waals surface area (Å²) in [7, 11) is 0. The van der Waals surface area contributed by atoms with E-state index in [2.05, 4.69) is 15.1 Å². The van der Waals surface area contributed by atoms with Gasteiger partial charge < -0.3 is 9.42 Å². The zero-order chi connectivity index (χ0) is 17.3. The molecule has 0 spiro atoms. The van der Waals surface area contributed by atoms with Gasteiger partial charge in [-0.3, -0.25) is 4.79 Å². The molecule has 3 rings (SSSR count). The van der Waals surface area contributed by atoms with Crippen molar-refractivity contribution in [3.63, 3.8) is 0 Å². The smallest absolute Gasteiger partial charge is 0.222 e. The third kappa shape index (κ3) is 3.47. The second-order valence-electron chi connectivity index (χ2n) is 6.64. The third-order valence-corrected chi connectivity index (χ3v) is 4.68. The van der Waals surface area contributed by atoms with Gasteiger partial charge in [0, 0.05) is 42.4 Å². The summed E-state index contributed by atoms with van der Waals surface area (Å²) in [5, 5.41) is 3.94. The number of nitrogens with zero attached hydrogens (tertiary/aromatic N) is 4. The van der Waals surface area contributed by atoms with Crippen LogP contribution in [-0.2, 0) is 11.2 Å². The van der Waals surface area contributed by atoms with Crippen LogP contribution in [0.2, 0.25) is 0 Å². The summed E-state index contributed by atoms with van der Waals surface area (Å²) in [4.78, 5) is 23.5. The predicted molar refractivity (Wildman–Crippen MR) is 89.7 cm³/mol. The van der Waals surface area contributed by atoms with E-state index in [0.29, 0.717) is 19.4 Å². The number of aromatic nitrogens is 3. The molecular weight excluding hydrogens is 304 g/mol. The highest BCUT2D eigenvalue weighted by Crippen LogP contribution is 2.26. The fourth-order valence-electron chi connectivity index (χ4n) is 3.38. The number of likely N-dealkylation sites (tertiary alicyclic amines) is 1. The first-order valence-electron chi connectivity index (χ1n) is 8.45. The molecule has 0 aromatic carbocycles. The first-order valence-corrected chi connectivity index (χ1v) is 8.45. The number of aryl methyl sites for hydroxylation is 4. The quantitative estimate of drug-likeness (QED) is 0.863. The Kier molecular flexibility index (Phi) is 4.64. The normalized spacial score (nSPS) is 17.5. The van der Waals surface area contributed by atoms with Gasteiger partial charge in [0.25, 0.3) is 0 Å². The lowest BCUT2D eigenvalue weighted by molar-refractivity contribution is -0.130. The first-order chi connectivity index (χ1) is 11.4. The van der Waals surface area contributed by atoms with Crippen molar-refractivity contribution in [2.75, 3.05) is 13.1 Å². The Balaban J connectivity index is 1.60. The summed E-state index contributed by atoms with van der Waals surface area (Å²) in [5.74, 6) is 2.10. The van der Waals surface area contributed by atoms with E-state index in [9.17, 15) is 4.79 Å². The molecule has 6 heteroatoms. The number of carbonyl (C=O) groups excluding carboxylic acids is 1. The maximum absolute atomic E-state index is 12.5. The summed E-state index contributed by atoms with van der Waals surface area (Å²) in [6, 6.07) is 1.98. The number of rotatable bonds is 4. The fourth-order valence-corrected chi connectivity index (χ4v) is 3.38. The van der Waals surface area contributed by atoms with Crippen LogP contribution in [0.15, 0.2) is 10.6 Å². The van der Waals surface area contributed by atoms with Gasteiger partial charge in [0.05, 0.1) is 5.69 Å². The van der Waals surface area contributed by atoms with Crippen molar-refractivity contribution in [2.45, 2.75) is 52.9 Å². The van der Waals surface area contributed by atoms with Crippen LogP contribution in [0, 0.1) is 27.7 Å². The Labute approximate surface area is 142 Å². The number of hydrogen-bond acceptors (Lipinski definition) is 5. The summed E-state index contributed by atoms with van der Waals surface area (Å²) in [5.41, 5.74) is 3.90. The van der Waals surface area contributed by atoms with Crippen LogP contribution < -0.4 is 0 Å². The van der Waals surface area contributed by atoms with Gasteiger partial charge in [0.15, 0.2) is 0 Å². The molecule has 2 aromatic rings. The summed E-state index contributed by atoms with van der Waals surface area (Å²) < 4.78 is 5.16. The molecule has 3 heterocycles. The SMILES string of the molecule is Cc1cc(C)nc(C2CCN(C(=O)CCc3c(C)noc3C)C2)n1. The van der Waals surface area contributed by atoms with E-state index in [0.717, 1.165) is 47.2 Å².